The van der Waals surface area contributed by atoms with E-state index in [1.165, 1.54) is 31.2 Å². The Bertz CT molecular complexity index is 439. The summed E-state index contributed by atoms with van der Waals surface area (Å²) in [6, 6.07) is 6.68. The van der Waals surface area contributed by atoms with Crippen LogP contribution in [0, 0.1) is 19.8 Å². The van der Waals surface area contributed by atoms with Crippen molar-refractivity contribution in [3.63, 3.8) is 0 Å². The van der Waals surface area contributed by atoms with Gasteiger partial charge in [-0.05, 0) is 57.1 Å². The van der Waals surface area contributed by atoms with Gasteiger partial charge in [0.2, 0.25) is 0 Å². The topological polar surface area (TPSA) is 41.5 Å². The van der Waals surface area contributed by atoms with Crippen molar-refractivity contribution in [3.8, 4) is 5.75 Å². The Morgan fingerprint density at radius 1 is 1.24 bits per heavy atom. The van der Waals surface area contributed by atoms with Crippen molar-refractivity contribution in [1.29, 1.82) is 0 Å². The molecule has 0 aromatic heterocycles. The maximum Gasteiger partial charge on any atom is 0.122 e. The summed E-state index contributed by atoms with van der Waals surface area (Å²) < 4.78 is 5.72. The predicted molar refractivity (Wildman–Crippen MR) is 86.8 cm³/mol. The van der Waals surface area contributed by atoms with E-state index in [4.69, 9.17) is 4.74 Å². The molecule has 1 aliphatic rings. The fraction of sp³-hybridized carbons (Fsp3) is 0.667. The number of aliphatic hydroxyl groups is 1. The molecule has 3 nitrogen and oxygen atoms in total. The number of benzene rings is 1. The van der Waals surface area contributed by atoms with Crippen LogP contribution in [0.5, 0.6) is 5.75 Å². The molecular weight excluding hydrogens is 262 g/mol. The van der Waals surface area contributed by atoms with Gasteiger partial charge in [0.1, 0.15) is 18.5 Å². The summed E-state index contributed by atoms with van der Waals surface area (Å²) in [7, 11) is 0. The lowest BCUT2D eigenvalue weighted by Crippen LogP contribution is -2.39. The van der Waals surface area contributed by atoms with Crippen LogP contribution in [0.2, 0.25) is 0 Å². The van der Waals surface area contributed by atoms with Crippen molar-refractivity contribution in [2.75, 3.05) is 13.2 Å². The van der Waals surface area contributed by atoms with E-state index < -0.39 is 6.10 Å². The van der Waals surface area contributed by atoms with Crippen LogP contribution in [0.1, 0.15) is 43.7 Å². The number of aryl methyl sites for hydroxylation is 2. The lowest BCUT2D eigenvalue weighted by atomic mass is 9.87. The highest BCUT2D eigenvalue weighted by atomic mass is 16.5. The van der Waals surface area contributed by atoms with Crippen molar-refractivity contribution in [2.45, 2.75) is 58.6 Å². The maximum atomic E-state index is 10.1. The lowest BCUT2D eigenvalue weighted by molar-refractivity contribution is 0.100. The monoisotopic (exact) mass is 291 g/mol. The molecule has 2 N–H and O–H groups in total. The normalized spacial score (nSPS) is 23.8. The molecule has 0 spiro atoms. The first-order valence-electron chi connectivity index (χ1n) is 8.16. The lowest BCUT2D eigenvalue weighted by Gasteiger charge is -2.27. The molecule has 0 aliphatic heterocycles. The largest absolute Gasteiger partial charge is 0.491 e. The van der Waals surface area contributed by atoms with Gasteiger partial charge in [-0.3, -0.25) is 0 Å². The molecule has 1 saturated carbocycles. The molecule has 0 bridgehead atoms. The minimum absolute atomic E-state index is 0.347. The Labute approximate surface area is 128 Å². The van der Waals surface area contributed by atoms with Gasteiger partial charge in [-0.1, -0.05) is 24.6 Å². The van der Waals surface area contributed by atoms with Gasteiger partial charge in [-0.2, -0.15) is 0 Å². The summed E-state index contributed by atoms with van der Waals surface area (Å²) in [6.07, 6.45) is 4.60. The molecule has 1 fully saturated rings. The Morgan fingerprint density at radius 2 is 1.95 bits per heavy atom. The van der Waals surface area contributed by atoms with E-state index in [-0.39, 0.29) is 0 Å². The van der Waals surface area contributed by atoms with E-state index in [0.717, 1.165) is 17.2 Å². The van der Waals surface area contributed by atoms with Gasteiger partial charge in [0.05, 0.1) is 0 Å². The molecule has 118 valence electrons. The quantitative estimate of drug-likeness (QED) is 0.845. The summed E-state index contributed by atoms with van der Waals surface area (Å²) in [5, 5.41) is 13.5. The molecule has 0 radical (unpaired) electrons. The fourth-order valence-electron chi connectivity index (χ4n) is 2.97. The Morgan fingerprint density at radius 3 is 2.62 bits per heavy atom. The van der Waals surface area contributed by atoms with E-state index in [1.54, 1.807) is 0 Å². The third kappa shape index (κ3) is 5.33. The zero-order chi connectivity index (χ0) is 15.2. The molecule has 2 rings (SSSR count). The third-order valence-corrected chi connectivity index (χ3v) is 4.42. The maximum absolute atomic E-state index is 10.1. The summed E-state index contributed by atoms with van der Waals surface area (Å²) >= 11 is 0. The zero-order valence-corrected chi connectivity index (χ0v) is 13.6. The number of ether oxygens (including phenoxy) is 1. The first kappa shape index (κ1) is 16.3. The molecular formula is C18H29NO2. The van der Waals surface area contributed by atoms with Gasteiger partial charge in [-0.15, -0.1) is 0 Å². The number of hydrogen-bond acceptors (Lipinski definition) is 3. The second-order valence-corrected chi connectivity index (χ2v) is 6.60. The molecule has 0 amide bonds. The average molecular weight is 291 g/mol. The van der Waals surface area contributed by atoms with E-state index in [9.17, 15) is 5.11 Å². The molecule has 21 heavy (non-hydrogen) atoms. The van der Waals surface area contributed by atoms with Gasteiger partial charge >= 0.3 is 0 Å². The van der Waals surface area contributed by atoms with Crippen molar-refractivity contribution in [3.05, 3.63) is 29.3 Å². The summed E-state index contributed by atoms with van der Waals surface area (Å²) in [6.45, 7) is 7.39. The van der Waals surface area contributed by atoms with Gasteiger partial charge in [0, 0.05) is 12.6 Å². The van der Waals surface area contributed by atoms with Crippen LogP contribution >= 0.6 is 0 Å². The first-order valence-corrected chi connectivity index (χ1v) is 8.16. The van der Waals surface area contributed by atoms with Crippen LogP contribution in [-0.2, 0) is 0 Å². The molecule has 3 heteroatoms. The minimum atomic E-state index is -0.454. The second-order valence-electron chi connectivity index (χ2n) is 6.60. The van der Waals surface area contributed by atoms with Crippen LogP contribution in [0.4, 0.5) is 0 Å². The van der Waals surface area contributed by atoms with Crippen molar-refractivity contribution in [1.82, 2.24) is 5.32 Å². The summed E-state index contributed by atoms with van der Waals surface area (Å²) in [5.41, 5.74) is 2.35. The fourth-order valence-corrected chi connectivity index (χ4v) is 2.97. The van der Waals surface area contributed by atoms with Crippen molar-refractivity contribution < 1.29 is 9.84 Å². The molecule has 1 atom stereocenters. The number of aliphatic hydroxyl groups excluding tert-OH is 1. The summed E-state index contributed by atoms with van der Waals surface area (Å²) in [5.74, 6) is 1.73. The molecule has 0 heterocycles. The molecule has 1 aliphatic carbocycles. The minimum Gasteiger partial charge on any atom is -0.491 e. The van der Waals surface area contributed by atoms with Gasteiger partial charge in [0.25, 0.3) is 0 Å². The van der Waals surface area contributed by atoms with E-state index in [2.05, 4.69) is 25.2 Å². The predicted octanol–water partition coefficient (Wildman–Crippen LogP) is 3.21. The Kier molecular flexibility index (Phi) is 6.07. The average Bonchev–Trinajstić information content (AvgIpc) is 2.46. The van der Waals surface area contributed by atoms with Crippen LogP contribution < -0.4 is 10.1 Å². The SMILES string of the molecule is Cc1ccc(OCC(O)CNC2CCC(C)CC2)c(C)c1. The van der Waals surface area contributed by atoms with E-state index in [1.807, 2.05) is 19.1 Å². The highest BCUT2D eigenvalue weighted by molar-refractivity contribution is 5.35. The smallest absolute Gasteiger partial charge is 0.122 e. The van der Waals surface area contributed by atoms with Gasteiger partial charge in [-0.25, -0.2) is 0 Å². The van der Waals surface area contributed by atoms with E-state index >= 15 is 0 Å². The highest BCUT2D eigenvalue weighted by Crippen LogP contribution is 2.23. The van der Waals surface area contributed by atoms with Crippen molar-refractivity contribution >= 4 is 0 Å². The van der Waals surface area contributed by atoms with Gasteiger partial charge in [0.15, 0.2) is 0 Å². The molecule has 1 aromatic carbocycles. The Hall–Kier alpha value is -1.06. The Balaban J connectivity index is 1.68. The van der Waals surface area contributed by atoms with Crippen molar-refractivity contribution in [2.24, 2.45) is 5.92 Å². The van der Waals surface area contributed by atoms with Crippen LogP contribution in [0.25, 0.3) is 0 Å². The van der Waals surface area contributed by atoms with Crippen LogP contribution in [0.15, 0.2) is 18.2 Å². The van der Waals surface area contributed by atoms with E-state index in [0.29, 0.717) is 19.2 Å². The molecule has 0 saturated heterocycles. The van der Waals surface area contributed by atoms with Crippen LogP contribution in [0.3, 0.4) is 0 Å². The number of nitrogens with one attached hydrogen (secondary N) is 1. The zero-order valence-electron chi connectivity index (χ0n) is 13.6. The highest BCUT2D eigenvalue weighted by Gasteiger charge is 2.18. The second kappa shape index (κ2) is 7.81. The van der Waals surface area contributed by atoms with Gasteiger partial charge < -0.3 is 15.2 Å². The first-order chi connectivity index (χ1) is 10.0. The van der Waals surface area contributed by atoms with Crippen LogP contribution in [-0.4, -0.2) is 30.4 Å². The molecule has 1 aromatic rings. The summed E-state index contributed by atoms with van der Waals surface area (Å²) in [4.78, 5) is 0. The molecule has 1 unspecified atom stereocenters. The standard InChI is InChI=1S/C18H29NO2/c1-13-4-7-16(8-5-13)19-11-17(20)12-21-18-9-6-14(2)10-15(18)3/h6,9-10,13,16-17,19-20H,4-5,7-8,11-12H2,1-3H3. The number of rotatable bonds is 6. The third-order valence-electron chi connectivity index (χ3n) is 4.42. The number of hydrogen-bond donors (Lipinski definition) is 2.